The number of nitrogens with zero attached hydrogens (tertiary/aromatic N) is 1. The summed E-state index contributed by atoms with van der Waals surface area (Å²) in [4.78, 5) is 1.91. The molecule has 1 nitrogen and oxygen atoms in total. The second kappa shape index (κ2) is 4.58. The van der Waals surface area contributed by atoms with Gasteiger partial charge in [-0.05, 0) is 38.2 Å². The lowest BCUT2D eigenvalue weighted by Crippen LogP contribution is -2.32. The van der Waals surface area contributed by atoms with Crippen LogP contribution in [-0.2, 0) is 0 Å². The molecule has 13 heavy (non-hydrogen) atoms. The zero-order valence-corrected chi connectivity index (χ0v) is 9.27. The number of thiocarbonyl (C=S) groups is 1. The maximum Gasteiger partial charge on any atom is 0.174 e. The fraction of sp³-hybridized carbons (Fsp3) is 0.300. The number of hydrogen-bond donors (Lipinski definition) is 0. The van der Waals surface area contributed by atoms with Gasteiger partial charge >= 0.3 is 0 Å². The van der Waals surface area contributed by atoms with Gasteiger partial charge in [-0.3, -0.25) is 0 Å². The highest BCUT2D eigenvalue weighted by Crippen LogP contribution is 2.18. The van der Waals surface area contributed by atoms with E-state index >= 15 is 0 Å². The van der Waals surface area contributed by atoms with Crippen LogP contribution in [0.5, 0.6) is 0 Å². The molecule has 0 fully saturated rings. The van der Waals surface area contributed by atoms with E-state index in [4.69, 9.17) is 23.8 Å². The number of benzene rings is 1. The van der Waals surface area contributed by atoms with E-state index in [0.717, 1.165) is 5.69 Å². The molecule has 0 amide bonds. The predicted molar refractivity (Wildman–Crippen MR) is 62.5 cm³/mol. The van der Waals surface area contributed by atoms with Gasteiger partial charge in [-0.15, -0.1) is 0 Å². The van der Waals surface area contributed by atoms with Gasteiger partial charge in [0.05, 0.1) is 0 Å². The normalized spacial score (nSPS) is 10.2. The molecule has 0 aliphatic rings. The molecule has 0 aromatic heterocycles. The molecule has 0 saturated heterocycles. The van der Waals surface area contributed by atoms with Crippen LogP contribution < -0.4 is 4.90 Å². The average molecular weight is 214 g/mol. The summed E-state index contributed by atoms with van der Waals surface area (Å²) < 4.78 is 0.390. The first kappa shape index (κ1) is 10.5. The van der Waals surface area contributed by atoms with E-state index in [1.165, 1.54) is 0 Å². The lowest BCUT2D eigenvalue weighted by atomic mass is 10.2. The molecule has 0 bridgehead atoms. The third kappa shape index (κ3) is 2.68. The highest BCUT2D eigenvalue weighted by Gasteiger charge is 2.12. The molecule has 3 heteroatoms. The molecule has 0 spiro atoms. The summed E-state index contributed by atoms with van der Waals surface area (Å²) in [6, 6.07) is 10.2. The molecule has 0 aliphatic carbocycles. The van der Waals surface area contributed by atoms with Crippen molar-refractivity contribution in [1.82, 2.24) is 0 Å². The quantitative estimate of drug-likeness (QED) is 0.421. The first-order chi connectivity index (χ1) is 6.13. The van der Waals surface area contributed by atoms with Crippen molar-refractivity contribution in [2.24, 2.45) is 0 Å². The number of halogens is 1. The summed E-state index contributed by atoms with van der Waals surface area (Å²) in [5, 5.41) is 0. The monoisotopic (exact) mass is 213 g/mol. The Labute approximate surface area is 89.3 Å². The largest absolute Gasteiger partial charge is 0.321 e. The van der Waals surface area contributed by atoms with E-state index in [-0.39, 0.29) is 6.04 Å². The predicted octanol–water partition coefficient (Wildman–Crippen LogP) is 3.43. The Hall–Kier alpha value is -0.600. The van der Waals surface area contributed by atoms with Crippen molar-refractivity contribution in [2.75, 3.05) is 4.90 Å². The third-order valence-corrected chi connectivity index (χ3v) is 2.12. The molecule has 0 atom stereocenters. The van der Waals surface area contributed by atoms with E-state index in [1.54, 1.807) is 0 Å². The lowest BCUT2D eigenvalue weighted by Gasteiger charge is -2.26. The van der Waals surface area contributed by atoms with Crippen molar-refractivity contribution in [2.45, 2.75) is 19.9 Å². The molecule has 0 unspecified atom stereocenters. The standard InChI is InChI=1S/C10H12ClNS/c1-8(2)12(10(11)13)9-6-4-3-5-7-9/h3-8H,1-2H3. The van der Waals surface area contributed by atoms with Gasteiger partial charge in [-0.1, -0.05) is 29.8 Å². The van der Waals surface area contributed by atoms with Crippen molar-refractivity contribution >= 4 is 34.0 Å². The molecule has 0 aliphatic heterocycles. The van der Waals surface area contributed by atoms with Gasteiger partial charge in [-0.2, -0.15) is 0 Å². The average Bonchev–Trinajstić information content (AvgIpc) is 2.04. The van der Waals surface area contributed by atoms with Crippen LogP contribution in [0.15, 0.2) is 30.3 Å². The number of rotatable bonds is 2. The molecule has 0 saturated carbocycles. The summed E-state index contributed by atoms with van der Waals surface area (Å²) in [6.07, 6.45) is 0. The molecule has 70 valence electrons. The first-order valence-electron chi connectivity index (χ1n) is 4.16. The Morgan fingerprint density at radius 2 is 1.85 bits per heavy atom. The number of para-hydroxylation sites is 1. The highest BCUT2D eigenvalue weighted by molar-refractivity contribution is 7.83. The van der Waals surface area contributed by atoms with Gasteiger partial charge in [0.15, 0.2) is 4.45 Å². The van der Waals surface area contributed by atoms with Crippen LogP contribution >= 0.6 is 23.8 Å². The second-order valence-corrected chi connectivity index (χ2v) is 4.02. The molecule has 0 N–H and O–H groups in total. The number of hydrogen-bond acceptors (Lipinski definition) is 1. The van der Waals surface area contributed by atoms with Gasteiger partial charge in [-0.25, -0.2) is 0 Å². The van der Waals surface area contributed by atoms with Crippen LogP contribution in [0.25, 0.3) is 0 Å². The highest BCUT2D eigenvalue weighted by atomic mass is 35.5. The smallest absolute Gasteiger partial charge is 0.174 e. The Morgan fingerprint density at radius 3 is 2.23 bits per heavy atom. The molecular weight excluding hydrogens is 202 g/mol. The van der Waals surface area contributed by atoms with Crippen molar-refractivity contribution in [3.8, 4) is 0 Å². The Kier molecular flexibility index (Phi) is 3.70. The third-order valence-electron chi connectivity index (χ3n) is 1.74. The Bertz CT molecular complexity index is 284. The van der Waals surface area contributed by atoms with Gasteiger partial charge < -0.3 is 4.90 Å². The van der Waals surface area contributed by atoms with Gasteiger partial charge in [0, 0.05) is 11.7 Å². The van der Waals surface area contributed by atoms with E-state index in [2.05, 4.69) is 13.8 Å². The summed E-state index contributed by atoms with van der Waals surface area (Å²) in [5.74, 6) is 0. The summed E-state index contributed by atoms with van der Waals surface area (Å²) in [5.41, 5.74) is 1.04. The van der Waals surface area contributed by atoms with E-state index in [9.17, 15) is 0 Å². The molecule has 1 rings (SSSR count). The summed E-state index contributed by atoms with van der Waals surface area (Å²) in [7, 11) is 0. The van der Waals surface area contributed by atoms with Crippen LogP contribution in [0.2, 0.25) is 0 Å². The van der Waals surface area contributed by atoms with Crippen molar-refractivity contribution in [1.29, 1.82) is 0 Å². The Balaban J connectivity index is 2.96. The number of anilines is 1. The fourth-order valence-electron chi connectivity index (χ4n) is 1.19. The molecule has 0 radical (unpaired) electrons. The van der Waals surface area contributed by atoms with Crippen LogP contribution in [0.4, 0.5) is 5.69 Å². The second-order valence-electron chi connectivity index (χ2n) is 3.05. The van der Waals surface area contributed by atoms with Crippen LogP contribution in [0.3, 0.4) is 0 Å². The van der Waals surface area contributed by atoms with Crippen molar-refractivity contribution < 1.29 is 0 Å². The molecule has 0 heterocycles. The minimum atomic E-state index is 0.285. The summed E-state index contributed by atoms with van der Waals surface area (Å²) in [6.45, 7) is 4.11. The van der Waals surface area contributed by atoms with Crippen LogP contribution in [0.1, 0.15) is 13.8 Å². The topological polar surface area (TPSA) is 3.24 Å². The molecular formula is C10H12ClNS. The summed E-state index contributed by atoms with van der Waals surface area (Å²) >= 11 is 10.8. The SMILES string of the molecule is CC(C)N(C(=S)Cl)c1ccccc1. The lowest BCUT2D eigenvalue weighted by molar-refractivity contribution is 0.817. The minimum absolute atomic E-state index is 0.285. The van der Waals surface area contributed by atoms with E-state index in [0.29, 0.717) is 4.45 Å². The molecule has 1 aromatic rings. The maximum atomic E-state index is 5.83. The fourth-order valence-corrected chi connectivity index (χ4v) is 1.80. The minimum Gasteiger partial charge on any atom is -0.321 e. The van der Waals surface area contributed by atoms with Crippen LogP contribution in [0, 0.1) is 0 Å². The van der Waals surface area contributed by atoms with E-state index < -0.39 is 0 Å². The Morgan fingerprint density at radius 1 is 1.31 bits per heavy atom. The zero-order chi connectivity index (χ0) is 9.84. The van der Waals surface area contributed by atoms with Gasteiger partial charge in [0.25, 0.3) is 0 Å². The van der Waals surface area contributed by atoms with Crippen LogP contribution in [-0.4, -0.2) is 10.5 Å². The zero-order valence-electron chi connectivity index (χ0n) is 7.70. The van der Waals surface area contributed by atoms with Gasteiger partial charge in [0.2, 0.25) is 0 Å². The van der Waals surface area contributed by atoms with Crippen molar-refractivity contribution in [3.63, 3.8) is 0 Å². The molecule has 1 aromatic carbocycles. The van der Waals surface area contributed by atoms with Gasteiger partial charge in [0.1, 0.15) is 0 Å². The first-order valence-corrected chi connectivity index (χ1v) is 4.95. The maximum absolute atomic E-state index is 5.83. The van der Waals surface area contributed by atoms with Crippen molar-refractivity contribution in [3.05, 3.63) is 30.3 Å². The van der Waals surface area contributed by atoms with E-state index in [1.807, 2.05) is 35.2 Å².